The van der Waals surface area contributed by atoms with E-state index < -0.39 is 5.91 Å². The van der Waals surface area contributed by atoms with E-state index in [1.165, 1.54) is 0 Å². The number of amides is 2. The fourth-order valence-corrected chi connectivity index (χ4v) is 2.45. The Bertz CT molecular complexity index is 823. The van der Waals surface area contributed by atoms with Gasteiger partial charge in [-0.1, -0.05) is 18.2 Å². The number of carbonyl (C=O) groups excluding carboxylic acids is 2. The van der Waals surface area contributed by atoms with Crippen LogP contribution in [-0.2, 0) is 9.59 Å². The van der Waals surface area contributed by atoms with E-state index in [0.29, 0.717) is 36.9 Å². The average molecular weight is 400 g/mol. The van der Waals surface area contributed by atoms with Gasteiger partial charge in [0, 0.05) is 6.42 Å². The van der Waals surface area contributed by atoms with Gasteiger partial charge in [-0.15, -0.1) is 0 Å². The molecule has 2 N–H and O–H groups in total. The second-order valence-electron chi connectivity index (χ2n) is 6.46. The molecular formula is C22H28N2O5. The predicted octanol–water partition coefficient (Wildman–Crippen LogP) is 3.09. The smallest absolute Gasteiger partial charge is 0.276 e. The van der Waals surface area contributed by atoms with Crippen molar-refractivity contribution in [1.29, 1.82) is 0 Å². The van der Waals surface area contributed by atoms with Crippen LogP contribution < -0.4 is 25.1 Å². The van der Waals surface area contributed by atoms with Crippen molar-refractivity contribution in [1.82, 2.24) is 10.9 Å². The molecule has 0 saturated carbocycles. The van der Waals surface area contributed by atoms with E-state index in [4.69, 9.17) is 14.2 Å². The Kier molecular flexibility index (Phi) is 8.82. The van der Waals surface area contributed by atoms with Gasteiger partial charge < -0.3 is 14.2 Å². The van der Waals surface area contributed by atoms with Crippen LogP contribution in [0.15, 0.2) is 42.5 Å². The molecule has 2 amide bonds. The summed E-state index contributed by atoms with van der Waals surface area (Å²) in [5.41, 5.74) is 6.95. The first-order valence-corrected chi connectivity index (χ1v) is 9.62. The highest BCUT2D eigenvalue weighted by Gasteiger charge is 2.07. The van der Waals surface area contributed by atoms with Crippen molar-refractivity contribution in [3.63, 3.8) is 0 Å². The summed E-state index contributed by atoms with van der Waals surface area (Å²) >= 11 is 0. The van der Waals surface area contributed by atoms with Crippen molar-refractivity contribution in [2.24, 2.45) is 0 Å². The SMILES string of the molecule is CCOc1ccccc1OCCCC(=O)NNC(=O)COc1ccc(C)c(C)c1. The molecule has 7 heteroatoms. The highest BCUT2D eigenvalue weighted by atomic mass is 16.5. The van der Waals surface area contributed by atoms with E-state index in [9.17, 15) is 9.59 Å². The summed E-state index contributed by atoms with van der Waals surface area (Å²) < 4.78 is 16.6. The van der Waals surface area contributed by atoms with Crippen LogP contribution in [0.2, 0.25) is 0 Å². The van der Waals surface area contributed by atoms with Crippen LogP contribution in [0.1, 0.15) is 30.9 Å². The lowest BCUT2D eigenvalue weighted by molar-refractivity contribution is -0.130. The number of carbonyl (C=O) groups is 2. The number of hydrogen-bond acceptors (Lipinski definition) is 5. The second kappa shape index (κ2) is 11.6. The van der Waals surface area contributed by atoms with Crippen LogP contribution in [0.4, 0.5) is 0 Å². The molecule has 2 rings (SSSR count). The van der Waals surface area contributed by atoms with Gasteiger partial charge in [0.15, 0.2) is 18.1 Å². The average Bonchev–Trinajstić information content (AvgIpc) is 2.72. The largest absolute Gasteiger partial charge is 0.490 e. The molecule has 0 bridgehead atoms. The fraction of sp³-hybridized carbons (Fsp3) is 0.364. The van der Waals surface area contributed by atoms with Crippen molar-refractivity contribution in [2.45, 2.75) is 33.6 Å². The zero-order valence-corrected chi connectivity index (χ0v) is 17.1. The zero-order valence-electron chi connectivity index (χ0n) is 17.1. The molecule has 156 valence electrons. The van der Waals surface area contributed by atoms with Crippen LogP contribution in [-0.4, -0.2) is 31.6 Å². The lowest BCUT2D eigenvalue weighted by Crippen LogP contribution is -2.43. The molecule has 0 atom stereocenters. The summed E-state index contributed by atoms with van der Waals surface area (Å²) in [5, 5.41) is 0. The maximum Gasteiger partial charge on any atom is 0.276 e. The number of rotatable bonds is 10. The van der Waals surface area contributed by atoms with E-state index in [0.717, 1.165) is 11.1 Å². The number of para-hydroxylation sites is 2. The second-order valence-corrected chi connectivity index (χ2v) is 6.46. The molecule has 2 aromatic carbocycles. The van der Waals surface area contributed by atoms with Gasteiger partial charge in [0.25, 0.3) is 5.91 Å². The van der Waals surface area contributed by atoms with Crippen molar-refractivity contribution >= 4 is 11.8 Å². The quantitative estimate of drug-likeness (QED) is 0.473. The minimum absolute atomic E-state index is 0.180. The Morgan fingerprint density at radius 1 is 0.862 bits per heavy atom. The third-order valence-corrected chi connectivity index (χ3v) is 4.14. The first-order chi connectivity index (χ1) is 14.0. The zero-order chi connectivity index (χ0) is 21.1. The van der Waals surface area contributed by atoms with Crippen molar-refractivity contribution in [3.05, 3.63) is 53.6 Å². The number of benzene rings is 2. The van der Waals surface area contributed by atoms with E-state index in [1.807, 2.05) is 57.2 Å². The molecule has 0 heterocycles. The van der Waals surface area contributed by atoms with Crippen LogP contribution >= 0.6 is 0 Å². The van der Waals surface area contributed by atoms with Gasteiger partial charge in [0.05, 0.1) is 13.2 Å². The Hall–Kier alpha value is -3.22. The summed E-state index contributed by atoms with van der Waals surface area (Å²) in [4.78, 5) is 23.6. The fourth-order valence-electron chi connectivity index (χ4n) is 2.45. The molecule has 0 unspecified atom stereocenters. The van der Waals surface area contributed by atoms with Crippen molar-refractivity contribution in [3.8, 4) is 17.2 Å². The van der Waals surface area contributed by atoms with Gasteiger partial charge in [-0.05, 0) is 62.6 Å². The Labute approximate surface area is 171 Å². The minimum Gasteiger partial charge on any atom is -0.490 e. The topological polar surface area (TPSA) is 85.9 Å². The van der Waals surface area contributed by atoms with Crippen molar-refractivity contribution < 1.29 is 23.8 Å². The predicted molar refractivity (Wildman–Crippen MR) is 110 cm³/mol. The lowest BCUT2D eigenvalue weighted by atomic mass is 10.1. The van der Waals surface area contributed by atoms with E-state index in [2.05, 4.69) is 10.9 Å². The number of hydrazine groups is 1. The lowest BCUT2D eigenvalue weighted by Gasteiger charge is -2.12. The van der Waals surface area contributed by atoms with Crippen LogP contribution in [0.3, 0.4) is 0 Å². The summed E-state index contributed by atoms with van der Waals surface area (Å²) in [6.07, 6.45) is 0.719. The first kappa shape index (κ1) is 22.1. The number of nitrogens with one attached hydrogen (secondary N) is 2. The summed E-state index contributed by atoms with van der Waals surface area (Å²) in [5.74, 6) is 1.20. The molecule has 0 aromatic heterocycles. The number of aryl methyl sites for hydroxylation is 2. The molecule has 2 aromatic rings. The molecule has 0 spiro atoms. The monoisotopic (exact) mass is 400 g/mol. The van der Waals surface area contributed by atoms with Crippen LogP contribution in [0.5, 0.6) is 17.2 Å². The number of hydrogen-bond donors (Lipinski definition) is 2. The van der Waals surface area contributed by atoms with Gasteiger partial charge in [-0.3, -0.25) is 20.4 Å². The summed E-state index contributed by atoms with van der Waals surface area (Å²) in [6.45, 7) is 6.62. The minimum atomic E-state index is -0.432. The van der Waals surface area contributed by atoms with Crippen molar-refractivity contribution in [2.75, 3.05) is 19.8 Å². The highest BCUT2D eigenvalue weighted by molar-refractivity contribution is 5.82. The van der Waals surface area contributed by atoms with Gasteiger partial charge in [-0.2, -0.15) is 0 Å². The molecule has 0 aliphatic rings. The third-order valence-electron chi connectivity index (χ3n) is 4.14. The van der Waals surface area contributed by atoms with Gasteiger partial charge >= 0.3 is 0 Å². The number of ether oxygens (including phenoxy) is 3. The van der Waals surface area contributed by atoms with Crippen LogP contribution in [0.25, 0.3) is 0 Å². The molecular weight excluding hydrogens is 372 g/mol. The molecule has 0 saturated heterocycles. The van der Waals surface area contributed by atoms with E-state index in [-0.39, 0.29) is 18.9 Å². The van der Waals surface area contributed by atoms with E-state index >= 15 is 0 Å². The summed E-state index contributed by atoms with van der Waals surface area (Å²) in [6, 6.07) is 13.0. The third kappa shape index (κ3) is 7.73. The van der Waals surface area contributed by atoms with E-state index in [1.54, 1.807) is 6.07 Å². The Morgan fingerprint density at radius 3 is 2.24 bits per heavy atom. The maximum atomic E-state index is 11.8. The normalized spacial score (nSPS) is 10.2. The molecule has 7 nitrogen and oxygen atoms in total. The molecule has 0 aliphatic heterocycles. The van der Waals surface area contributed by atoms with Gasteiger partial charge in [-0.25, -0.2) is 0 Å². The Balaban J connectivity index is 1.61. The maximum absolute atomic E-state index is 11.8. The molecule has 0 aliphatic carbocycles. The van der Waals surface area contributed by atoms with Gasteiger partial charge in [0.2, 0.25) is 5.91 Å². The first-order valence-electron chi connectivity index (χ1n) is 9.62. The molecule has 29 heavy (non-hydrogen) atoms. The van der Waals surface area contributed by atoms with Crippen LogP contribution in [0, 0.1) is 13.8 Å². The molecule has 0 fully saturated rings. The standard InChI is InChI=1S/C22H28N2O5/c1-4-27-19-8-5-6-9-20(19)28-13-7-10-21(25)23-24-22(26)15-29-18-12-11-16(2)17(3)14-18/h5-6,8-9,11-12,14H,4,7,10,13,15H2,1-3H3,(H,23,25)(H,24,26). The van der Waals surface area contributed by atoms with Gasteiger partial charge in [0.1, 0.15) is 5.75 Å². The molecule has 0 radical (unpaired) electrons. The summed E-state index contributed by atoms with van der Waals surface area (Å²) in [7, 11) is 0. The Morgan fingerprint density at radius 2 is 1.55 bits per heavy atom. The highest BCUT2D eigenvalue weighted by Crippen LogP contribution is 2.26.